The van der Waals surface area contributed by atoms with Crippen molar-refractivity contribution >= 4 is 34.2 Å². The van der Waals surface area contributed by atoms with Crippen molar-refractivity contribution in [1.29, 1.82) is 0 Å². The quantitative estimate of drug-likeness (QED) is 0.693. The number of ether oxygens (including phenoxy) is 1. The maximum Gasteiger partial charge on any atom is 0.410 e. The predicted octanol–water partition coefficient (Wildman–Crippen LogP) is 3.83. The molecule has 1 aliphatic heterocycles. The first-order valence-corrected chi connectivity index (χ1v) is 10.1. The van der Waals surface area contributed by atoms with E-state index in [1.807, 2.05) is 13.0 Å². The molecule has 0 aromatic carbocycles. The Morgan fingerprint density at radius 3 is 2.72 bits per heavy atom. The number of amides is 1. The SMILES string of the molecule is Cc1nc(-c2cc3c(N4CCN(C(=O)OCC(F)F)CC4)ccnc3[nH]2)sc1C. The lowest BCUT2D eigenvalue weighted by Crippen LogP contribution is -2.49. The van der Waals surface area contributed by atoms with Crippen molar-refractivity contribution in [2.75, 3.05) is 37.7 Å². The van der Waals surface area contributed by atoms with E-state index in [1.54, 1.807) is 17.5 Å². The fourth-order valence-electron chi connectivity index (χ4n) is 3.35. The molecule has 1 saturated heterocycles. The van der Waals surface area contributed by atoms with Crippen molar-refractivity contribution in [3.63, 3.8) is 0 Å². The van der Waals surface area contributed by atoms with Crippen LogP contribution >= 0.6 is 11.3 Å². The molecule has 4 rings (SSSR count). The molecule has 0 unspecified atom stereocenters. The molecule has 154 valence electrons. The van der Waals surface area contributed by atoms with E-state index in [4.69, 9.17) is 0 Å². The van der Waals surface area contributed by atoms with Gasteiger partial charge in [0.1, 0.15) is 10.7 Å². The number of fused-ring (bicyclic) bond motifs is 1. The van der Waals surface area contributed by atoms with Gasteiger partial charge in [-0.1, -0.05) is 0 Å². The van der Waals surface area contributed by atoms with Crippen molar-refractivity contribution < 1.29 is 18.3 Å². The number of hydrogen-bond acceptors (Lipinski definition) is 6. The number of H-pyrrole nitrogens is 1. The van der Waals surface area contributed by atoms with Gasteiger partial charge in [-0.3, -0.25) is 0 Å². The Balaban J connectivity index is 1.51. The van der Waals surface area contributed by atoms with Gasteiger partial charge in [0.2, 0.25) is 0 Å². The number of carbonyl (C=O) groups excluding carboxylic acids is 1. The predicted molar refractivity (Wildman–Crippen MR) is 108 cm³/mol. The van der Waals surface area contributed by atoms with Gasteiger partial charge in [0.25, 0.3) is 6.43 Å². The summed E-state index contributed by atoms with van der Waals surface area (Å²) in [4.78, 5) is 29.1. The van der Waals surface area contributed by atoms with Gasteiger partial charge in [0.05, 0.1) is 11.4 Å². The molecule has 10 heteroatoms. The van der Waals surface area contributed by atoms with E-state index in [1.165, 1.54) is 9.78 Å². The molecule has 0 atom stereocenters. The molecule has 0 aliphatic carbocycles. The van der Waals surface area contributed by atoms with E-state index in [0.29, 0.717) is 26.2 Å². The number of aromatic nitrogens is 3. The Morgan fingerprint density at radius 2 is 2.07 bits per heavy atom. The molecule has 29 heavy (non-hydrogen) atoms. The van der Waals surface area contributed by atoms with Crippen LogP contribution in [0.2, 0.25) is 0 Å². The molecule has 0 saturated carbocycles. The van der Waals surface area contributed by atoms with Crippen molar-refractivity contribution in [2.24, 2.45) is 0 Å². The van der Waals surface area contributed by atoms with Crippen molar-refractivity contribution in [3.05, 3.63) is 28.9 Å². The van der Waals surface area contributed by atoms with E-state index in [-0.39, 0.29) is 0 Å². The van der Waals surface area contributed by atoms with Crippen LogP contribution in [0.3, 0.4) is 0 Å². The maximum absolute atomic E-state index is 12.2. The third-order valence-electron chi connectivity index (χ3n) is 4.98. The summed E-state index contributed by atoms with van der Waals surface area (Å²) < 4.78 is 29.1. The second-order valence-electron chi connectivity index (χ2n) is 6.88. The number of halogens is 2. The van der Waals surface area contributed by atoms with Gasteiger partial charge in [-0.2, -0.15) is 0 Å². The number of aryl methyl sites for hydroxylation is 2. The Hall–Kier alpha value is -2.75. The number of pyridine rings is 1. The second kappa shape index (κ2) is 7.94. The molecule has 3 aromatic heterocycles. The van der Waals surface area contributed by atoms with Crippen molar-refractivity contribution in [2.45, 2.75) is 20.3 Å². The second-order valence-corrected chi connectivity index (χ2v) is 8.08. The summed E-state index contributed by atoms with van der Waals surface area (Å²) in [6, 6.07) is 4.00. The maximum atomic E-state index is 12.2. The van der Waals surface area contributed by atoms with E-state index >= 15 is 0 Å². The number of carbonyl (C=O) groups is 1. The highest BCUT2D eigenvalue weighted by Crippen LogP contribution is 2.33. The van der Waals surface area contributed by atoms with E-state index in [0.717, 1.165) is 33.1 Å². The molecular weight excluding hydrogens is 400 g/mol. The average Bonchev–Trinajstić information content (AvgIpc) is 3.29. The van der Waals surface area contributed by atoms with E-state index in [9.17, 15) is 13.6 Å². The molecule has 0 radical (unpaired) electrons. The van der Waals surface area contributed by atoms with Crippen LogP contribution < -0.4 is 4.90 Å². The summed E-state index contributed by atoms with van der Waals surface area (Å²) in [5, 5.41) is 1.91. The number of nitrogens with zero attached hydrogens (tertiary/aromatic N) is 4. The van der Waals surface area contributed by atoms with Crippen LogP contribution in [0.15, 0.2) is 18.3 Å². The highest BCUT2D eigenvalue weighted by Gasteiger charge is 2.24. The van der Waals surface area contributed by atoms with Crippen LogP contribution in [-0.4, -0.2) is 65.2 Å². The van der Waals surface area contributed by atoms with Crippen LogP contribution in [0.25, 0.3) is 21.7 Å². The molecule has 1 fully saturated rings. The number of thiazole rings is 1. The molecule has 0 bridgehead atoms. The molecule has 1 aliphatic rings. The van der Waals surface area contributed by atoms with Crippen LogP contribution in [0.5, 0.6) is 0 Å². The van der Waals surface area contributed by atoms with Crippen LogP contribution in [0.4, 0.5) is 19.3 Å². The van der Waals surface area contributed by atoms with Gasteiger partial charge < -0.3 is 19.5 Å². The summed E-state index contributed by atoms with van der Waals surface area (Å²) >= 11 is 1.64. The normalized spacial score (nSPS) is 14.8. The number of hydrogen-bond donors (Lipinski definition) is 1. The topological polar surface area (TPSA) is 74.3 Å². The molecule has 7 nitrogen and oxygen atoms in total. The van der Waals surface area contributed by atoms with Gasteiger partial charge >= 0.3 is 6.09 Å². The minimum absolute atomic E-state index is 0.411. The Morgan fingerprint density at radius 1 is 1.31 bits per heavy atom. The molecule has 4 heterocycles. The van der Waals surface area contributed by atoms with Gasteiger partial charge in [-0.05, 0) is 26.0 Å². The highest BCUT2D eigenvalue weighted by atomic mass is 32.1. The number of piperazine rings is 1. The fraction of sp³-hybridized carbons (Fsp3) is 0.421. The fourth-order valence-corrected chi connectivity index (χ4v) is 4.23. The minimum Gasteiger partial charge on any atom is -0.443 e. The minimum atomic E-state index is -2.65. The molecule has 1 amide bonds. The van der Waals surface area contributed by atoms with Gasteiger partial charge in [0, 0.05) is 48.3 Å². The molecule has 3 aromatic rings. The first kappa shape index (κ1) is 19.6. The zero-order chi connectivity index (χ0) is 20.5. The summed E-state index contributed by atoms with van der Waals surface area (Å²) in [5.74, 6) is 0. The lowest BCUT2D eigenvalue weighted by molar-refractivity contribution is 0.0311. The largest absolute Gasteiger partial charge is 0.443 e. The zero-order valence-electron chi connectivity index (χ0n) is 16.1. The number of rotatable bonds is 4. The summed E-state index contributed by atoms with van der Waals surface area (Å²) in [7, 11) is 0. The third kappa shape index (κ3) is 4.02. The number of alkyl halides is 2. The lowest BCUT2D eigenvalue weighted by Gasteiger charge is -2.35. The van der Waals surface area contributed by atoms with E-state index < -0.39 is 19.1 Å². The highest BCUT2D eigenvalue weighted by molar-refractivity contribution is 7.15. The van der Waals surface area contributed by atoms with Crippen LogP contribution in [0.1, 0.15) is 10.6 Å². The van der Waals surface area contributed by atoms with Crippen molar-refractivity contribution in [3.8, 4) is 10.7 Å². The first-order chi connectivity index (χ1) is 13.9. The number of aromatic amines is 1. The molecule has 0 spiro atoms. The van der Waals surface area contributed by atoms with E-state index in [2.05, 4.69) is 37.6 Å². The monoisotopic (exact) mass is 421 g/mol. The third-order valence-corrected chi connectivity index (χ3v) is 6.09. The Labute approximate surface area is 170 Å². The van der Waals surface area contributed by atoms with Crippen LogP contribution in [0, 0.1) is 13.8 Å². The number of nitrogens with one attached hydrogen (secondary N) is 1. The Bertz CT molecular complexity index is 1010. The van der Waals surface area contributed by atoms with Gasteiger partial charge in [0.15, 0.2) is 6.61 Å². The zero-order valence-corrected chi connectivity index (χ0v) is 16.9. The summed E-state index contributed by atoms with van der Waals surface area (Å²) in [6.07, 6.45) is -1.60. The number of anilines is 1. The first-order valence-electron chi connectivity index (χ1n) is 9.29. The Kier molecular flexibility index (Phi) is 5.35. The summed E-state index contributed by atoms with van der Waals surface area (Å²) in [6.45, 7) is 5.16. The smallest absolute Gasteiger partial charge is 0.410 e. The lowest BCUT2D eigenvalue weighted by atomic mass is 10.2. The average molecular weight is 421 g/mol. The van der Waals surface area contributed by atoms with Crippen molar-refractivity contribution in [1.82, 2.24) is 19.9 Å². The summed E-state index contributed by atoms with van der Waals surface area (Å²) in [5.41, 5.74) is 3.74. The molecule has 1 N–H and O–H groups in total. The van der Waals surface area contributed by atoms with Gasteiger partial charge in [-0.25, -0.2) is 23.5 Å². The van der Waals surface area contributed by atoms with Gasteiger partial charge in [-0.15, -0.1) is 11.3 Å². The van der Waals surface area contributed by atoms with Crippen LogP contribution in [-0.2, 0) is 4.74 Å². The molecular formula is C19H21F2N5O2S. The standard InChI is InChI=1S/C19H21F2N5O2S/c1-11-12(2)29-18(23-11)14-9-13-15(3-4-22-17(13)24-14)25-5-7-26(8-6-25)19(27)28-10-16(20)21/h3-4,9,16H,5-8,10H2,1-2H3,(H,22,24).